The van der Waals surface area contributed by atoms with E-state index in [1.807, 2.05) is 4.90 Å². The number of aromatic hydroxyl groups is 1. The minimum absolute atomic E-state index is 0.0157. The van der Waals surface area contributed by atoms with E-state index in [0.717, 1.165) is 12.1 Å². The molecule has 0 atom stereocenters. The van der Waals surface area contributed by atoms with E-state index in [1.54, 1.807) is 0 Å². The van der Waals surface area contributed by atoms with Crippen LogP contribution in [0.15, 0.2) is 35.2 Å². The summed E-state index contributed by atoms with van der Waals surface area (Å²) in [6.07, 6.45) is 0. The number of nitrogens with one attached hydrogen (secondary N) is 1. The molecule has 1 heterocycles. The first kappa shape index (κ1) is 19.0. The van der Waals surface area contributed by atoms with Gasteiger partial charge in [-0.25, -0.2) is 12.8 Å². The highest BCUT2D eigenvalue weighted by Crippen LogP contribution is 2.35. The number of hydrogen-bond donors (Lipinski definition) is 2. The molecule has 0 aromatic heterocycles. The van der Waals surface area contributed by atoms with Crippen LogP contribution in [0.3, 0.4) is 0 Å². The molecule has 26 heavy (non-hydrogen) atoms. The molecule has 0 spiro atoms. The smallest absolute Gasteiger partial charge is 0.265 e. The summed E-state index contributed by atoms with van der Waals surface area (Å²) in [5.41, 5.74) is 0.543. The molecule has 0 aliphatic carbocycles. The van der Waals surface area contributed by atoms with Crippen molar-refractivity contribution < 1.29 is 22.7 Å². The predicted molar refractivity (Wildman–Crippen MR) is 98.4 cm³/mol. The first-order valence-corrected chi connectivity index (χ1v) is 9.84. The predicted octanol–water partition coefficient (Wildman–Crippen LogP) is 3.48. The number of phenols is 1. The minimum atomic E-state index is -4.23. The van der Waals surface area contributed by atoms with Crippen LogP contribution in [0, 0.1) is 5.82 Å². The van der Waals surface area contributed by atoms with Crippen LogP contribution < -0.4 is 9.62 Å². The zero-order valence-electron chi connectivity index (χ0n) is 13.4. The summed E-state index contributed by atoms with van der Waals surface area (Å²) in [5.74, 6) is -1.23. The molecule has 1 saturated heterocycles. The lowest BCUT2D eigenvalue weighted by molar-refractivity contribution is 0.122. The Morgan fingerprint density at radius 1 is 1.12 bits per heavy atom. The quantitative estimate of drug-likeness (QED) is 0.791. The summed E-state index contributed by atoms with van der Waals surface area (Å²) in [7, 11) is -4.23. The normalized spacial score (nSPS) is 15.1. The number of hydrogen-bond acceptors (Lipinski definition) is 5. The van der Waals surface area contributed by atoms with E-state index >= 15 is 0 Å². The van der Waals surface area contributed by atoms with Gasteiger partial charge in [-0.1, -0.05) is 23.2 Å². The zero-order chi connectivity index (χ0) is 18.9. The number of sulfonamides is 1. The van der Waals surface area contributed by atoms with Gasteiger partial charge in [-0.05, 0) is 30.3 Å². The third-order valence-electron chi connectivity index (χ3n) is 3.79. The largest absolute Gasteiger partial charge is 0.505 e. The summed E-state index contributed by atoms with van der Waals surface area (Å²) < 4.78 is 46.6. The molecular formula is C16H15Cl2FN2O4S. The van der Waals surface area contributed by atoms with Gasteiger partial charge in [0.2, 0.25) is 0 Å². The SMILES string of the molecule is O=S(=O)(Nc1cc(F)cc(N2CCOCC2)c1)c1cc(Cl)cc(Cl)c1O. The van der Waals surface area contributed by atoms with Crippen molar-refractivity contribution in [3.63, 3.8) is 0 Å². The molecule has 0 saturated carbocycles. The lowest BCUT2D eigenvalue weighted by Gasteiger charge is -2.29. The third kappa shape index (κ3) is 4.15. The maximum Gasteiger partial charge on any atom is 0.265 e. The van der Waals surface area contributed by atoms with E-state index in [-0.39, 0.29) is 15.7 Å². The Bertz CT molecular complexity index is 934. The lowest BCUT2D eigenvalue weighted by atomic mass is 10.2. The number of halogens is 3. The molecule has 3 rings (SSSR count). The van der Waals surface area contributed by atoms with E-state index in [2.05, 4.69) is 4.72 Å². The first-order valence-electron chi connectivity index (χ1n) is 7.60. The van der Waals surface area contributed by atoms with Gasteiger partial charge in [0, 0.05) is 23.8 Å². The second kappa shape index (κ2) is 7.48. The Labute approximate surface area is 160 Å². The summed E-state index contributed by atoms with van der Waals surface area (Å²) >= 11 is 11.6. The van der Waals surface area contributed by atoms with Gasteiger partial charge in [-0.2, -0.15) is 0 Å². The molecule has 140 valence electrons. The number of rotatable bonds is 4. The van der Waals surface area contributed by atoms with Crippen molar-refractivity contribution in [2.75, 3.05) is 35.9 Å². The molecule has 0 unspecified atom stereocenters. The highest BCUT2D eigenvalue weighted by molar-refractivity contribution is 7.92. The number of nitrogens with zero attached hydrogens (tertiary/aromatic N) is 1. The van der Waals surface area contributed by atoms with Crippen LogP contribution in [0.2, 0.25) is 10.0 Å². The van der Waals surface area contributed by atoms with E-state index < -0.39 is 26.5 Å². The maximum absolute atomic E-state index is 14.0. The molecule has 2 aromatic carbocycles. The van der Waals surface area contributed by atoms with Crippen LogP contribution in [-0.2, 0) is 14.8 Å². The van der Waals surface area contributed by atoms with E-state index in [4.69, 9.17) is 27.9 Å². The van der Waals surface area contributed by atoms with Crippen molar-refractivity contribution in [1.82, 2.24) is 0 Å². The van der Waals surface area contributed by atoms with Crippen molar-refractivity contribution in [3.05, 3.63) is 46.2 Å². The Morgan fingerprint density at radius 3 is 2.50 bits per heavy atom. The standard InChI is InChI=1S/C16H15Cl2FN2O4S/c17-10-5-14(18)16(22)15(6-10)26(23,24)20-12-7-11(19)8-13(9-12)21-1-3-25-4-2-21/h5-9,20,22H,1-4H2. The molecular weight excluding hydrogens is 406 g/mol. The van der Waals surface area contributed by atoms with E-state index in [0.29, 0.717) is 32.0 Å². The maximum atomic E-state index is 14.0. The van der Waals surface area contributed by atoms with Gasteiger partial charge < -0.3 is 14.7 Å². The number of morpholine rings is 1. The molecule has 6 nitrogen and oxygen atoms in total. The molecule has 1 aliphatic rings. The average Bonchev–Trinajstić information content (AvgIpc) is 2.58. The van der Waals surface area contributed by atoms with Crippen molar-refractivity contribution in [3.8, 4) is 5.75 Å². The summed E-state index contributed by atoms with van der Waals surface area (Å²) in [5, 5.41) is 9.78. The summed E-state index contributed by atoms with van der Waals surface area (Å²) in [6, 6.07) is 6.15. The van der Waals surface area contributed by atoms with Crippen LogP contribution in [0.5, 0.6) is 5.75 Å². The Hall–Kier alpha value is -1.74. The number of anilines is 2. The number of phenolic OH excluding ortho intramolecular Hbond substituents is 1. The molecule has 0 bridgehead atoms. The average molecular weight is 421 g/mol. The minimum Gasteiger partial charge on any atom is -0.505 e. The van der Waals surface area contributed by atoms with Gasteiger partial charge in [0.1, 0.15) is 10.7 Å². The Balaban J connectivity index is 1.94. The van der Waals surface area contributed by atoms with Crippen molar-refractivity contribution >= 4 is 44.6 Å². The van der Waals surface area contributed by atoms with Gasteiger partial charge in [0.05, 0.1) is 23.9 Å². The monoisotopic (exact) mass is 420 g/mol. The van der Waals surface area contributed by atoms with Gasteiger partial charge >= 0.3 is 0 Å². The molecule has 10 heteroatoms. The highest BCUT2D eigenvalue weighted by atomic mass is 35.5. The van der Waals surface area contributed by atoms with Crippen LogP contribution in [0.1, 0.15) is 0 Å². The highest BCUT2D eigenvalue weighted by Gasteiger charge is 2.23. The molecule has 0 amide bonds. The van der Waals surface area contributed by atoms with Crippen molar-refractivity contribution in [1.29, 1.82) is 0 Å². The van der Waals surface area contributed by atoms with Gasteiger partial charge in [-0.15, -0.1) is 0 Å². The summed E-state index contributed by atoms with van der Waals surface area (Å²) in [6.45, 7) is 2.15. The van der Waals surface area contributed by atoms with E-state index in [9.17, 15) is 17.9 Å². The second-order valence-corrected chi connectivity index (χ2v) is 8.13. The molecule has 0 radical (unpaired) electrons. The molecule has 1 fully saturated rings. The first-order chi connectivity index (χ1) is 12.3. The van der Waals surface area contributed by atoms with Gasteiger partial charge in [0.15, 0.2) is 5.75 Å². The second-order valence-electron chi connectivity index (χ2n) is 5.64. The van der Waals surface area contributed by atoms with Crippen molar-refractivity contribution in [2.24, 2.45) is 0 Å². The zero-order valence-corrected chi connectivity index (χ0v) is 15.7. The third-order valence-corrected chi connectivity index (χ3v) is 5.69. The summed E-state index contributed by atoms with van der Waals surface area (Å²) in [4.78, 5) is 1.39. The lowest BCUT2D eigenvalue weighted by Crippen LogP contribution is -2.36. The fourth-order valence-corrected chi connectivity index (χ4v) is 4.39. The van der Waals surface area contributed by atoms with Crippen LogP contribution in [-0.4, -0.2) is 39.8 Å². The Morgan fingerprint density at radius 2 is 1.81 bits per heavy atom. The van der Waals surface area contributed by atoms with E-state index in [1.165, 1.54) is 18.2 Å². The topological polar surface area (TPSA) is 78.9 Å². The molecule has 2 N–H and O–H groups in total. The van der Waals surface area contributed by atoms with Crippen LogP contribution in [0.25, 0.3) is 0 Å². The fraction of sp³-hybridized carbons (Fsp3) is 0.250. The fourth-order valence-electron chi connectivity index (χ4n) is 2.59. The van der Waals surface area contributed by atoms with Crippen molar-refractivity contribution in [2.45, 2.75) is 4.90 Å². The van der Waals surface area contributed by atoms with Gasteiger partial charge in [0.25, 0.3) is 10.0 Å². The number of ether oxygens (including phenoxy) is 1. The Kier molecular flexibility index (Phi) is 5.47. The molecule has 1 aliphatic heterocycles. The molecule has 2 aromatic rings. The van der Waals surface area contributed by atoms with Crippen LogP contribution in [0.4, 0.5) is 15.8 Å². The number of benzene rings is 2. The van der Waals surface area contributed by atoms with Crippen LogP contribution >= 0.6 is 23.2 Å². The van der Waals surface area contributed by atoms with Gasteiger partial charge in [-0.3, -0.25) is 4.72 Å².